The van der Waals surface area contributed by atoms with Gasteiger partial charge in [0.2, 0.25) is 0 Å². The number of hydrogen-bond acceptors (Lipinski definition) is 2. The number of hydrogen-bond donors (Lipinski definition) is 1. The van der Waals surface area contributed by atoms with Gasteiger partial charge in [-0.25, -0.2) is 4.39 Å². The monoisotopic (exact) mass is 349 g/mol. The molecule has 2 aromatic rings. The molecule has 21 heavy (non-hydrogen) atoms. The fraction of sp³-hybridized carbons (Fsp3) is 0.294. The number of nitrogens with one attached hydrogen (secondary N) is 1. The molecule has 0 unspecified atom stereocenters. The first-order valence-corrected chi connectivity index (χ1v) is 7.87. The summed E-state index contributed by atoms with van der Waals surface area (Å²) < 4.78 is 19.6. The van der Waals surface area contributed by atoms with Crippen LogP contribution in [0.1, 0.15) is 24.0 Å². The zero-order valence-electron chi connectivity index (χ0n) is 11.8. The van der Waals surface area contributed by atoms with Crippen molar-refractivity contribution in [2.24, 2.45) is 0 Å². The minimum Gasteiger partial charge on any atom is -0.457 e. The van der Waals surface area contributed by atoms with Crippen molar-refractivity contribution in [3.63, 3.8) is 0 Å². The Morgan fingerprint density at radius 2 is 1.90 bits per heavy atom. The number of halogens is 2. The first-order chi connectivity index (χ1) is 10.1. The van der Waals surface area contributed by atoms with Crippen molar-refractivity contribution >= 4 is 15.9 Å². The lowest BCUT2D eigenvalue weighted by Gasteiger charge is -2.11. The molecule has 0 heterocycles. The van der Waals surface area contributed by atoms with E-state index in [-0.39, 0.29) is 5.82 Å². The number of benzene rings is 2. The summed E-state index contributed by atoms with van der Waals surface area (Å²) in [5.41, 5.74) is 2.45. The van der Waals surface area contributed by atoms with Gasteiger partial charge in [-0.3, -0.25) is 0 Å². The Hall–Kier alpha value is -1.39. The van der Waals surface area contributed by atoms with Gasteiger partial charge < -0.3 is 10.1 Å². The fourth-order valence-corrected chi connectivity index (χ4v) is 2.40. The lowest BCUT2D eigenvalue weighted by atomic mass is 10.1. The van der Waals surface area contributed by atoms with Gasteiger partial charge in [-0.15, -0.1) is 0 Å². The van der Waals surface area contributed by atoms with Crippen LogP contribution in [0.4, 0.5) is 4.39 Å². The van der Waals surface area contributed by atoms with Crippen LogP contribution in [0.15, 0.2) is 40.9 Å². The molecule has 1 aliphatic rings. The topological polar surface area (TPSA) is 21.3 Å². The smallest absolute Gasteiger partial charge is 0.141 e. The highest BCUT2D eigenvalue weighted by Gasteiger charge is 2.20. The van der Waals surface area contributed by atoms with Gasteiger partial charge in [0.1, 0.15) is 17.3 Å². The summed E-state index contributed by atoms with van der Waals surface area (Å²) in [6.45, 7) is 2.96. The molecule has 0 aliphatic heterocycles. The average molecular weight is 350 g/mol. The van der Waals surface area contributed by atoms with E-state index in [1.165, 1.54) is 30.0 Å². The van der Waals surface area contributed by atoms with Crippen LogP contribution in [0.25, 0.3) is 0 Å². The van der Waals surface area contributed by atoms with Crippen molar-refractivity contribution in [2.75, 3.05) is 0 Å². The van der Waals surface area contributed by atoms with Gasteiger partial charge in [0.25, 0.3) is 0 Å². The zero-order valence-corrected chi connectivity index (χ0v) is 13.4. The highest BCUT2D eigenvalue weighted by atomic mass is 79.9. The Kier molecular flexibility index (Phi) is 4.27. The molecule has 1 N–H and O–H groups in total. The Morgan fingerprint density at radius 3 is 2.57 bits per heavy atom. The first-order valence-electron chi connectivity index (χ1n) is 7.07. The molecule has 0 atom stereocenters. The SMILES string of the molecule is Cc1cc(Oc2ccc(Br)c(F)c2)ccc1CNC1CC1. The Morgan fingerprint density at radius 1 is 1.19 bits per heavy atom. The Labute approximate surface area is 132 Å². The van der Waals surface area contributed by atoms with Crippen LogP contribution in [0.5, 0.6) is 11.5 Å². The van der Waals surface area contributed by atoms with Crippen LogP contribution in [-0.4, -0.2) is 6.04 Å². The Balaban J connectivity index is 1.70. The van der Waals surface area contributed by atoms with Crippen molar-refractivity contribution < 1.29 is 9.13 Å². The molecular formula is C17H17BrFNO. The van der Waals surface area contributed by atoms with Gasteiger partial charge in [0, 0.05) is 18.7 Å². The maximum atomic E-state index is 13.5. The molecule has 0 spiro atoms. The van der Waals surface area contributed by atoms with E-state index in [9.17, 15) is 4.39 Å². The predicted molar refractivity (Wildman–Crippen MR) is 85.2 cm³/mol. The maximum absolute atomic E-state index is 13.5. The highest BCUT2D eigenvalue weighted by molar-refractivity contribution is 9.10. The summed E-state index contributed by atoms with van der Waals surface area (Å²) in [4.78, 5) is 0. The summed E-state index contributed by atoms with van der Waals surface area (Å²) in [6.07, 6.45) is 2.57. The second kappa shape index (κ2) is 6.16. The third-order valence-corrected chi connectivity index (χ3v) is 4.24. The van der Waals surface area contributed by atoms with Gasteiger partial charge >= 0.3 is 0 Å². The molecule has 2 nitrogen and oxygen atoms in total. The summed E-state index contributed by atoms with van der Waals surface area (Å²) in [7, 11) is 0. The van der Waals surface area contributed by atoms with Crippen LogP contribution >= 0.6 is 15.9 Å². The normalized spacial score (nSPS) is 14.2. The van der Waals surface area contributed by atoms with Crippen molar-refractivity contribution in [1.82, 2.24) is 5.32 Å². The van der Waals surface area contributed by atoms with E-state index >= 15 is 0 Å². The second-order valence-corrected chi connectivity index (χ2v) is 6.28. The van der Waals surface area contributed by atoms with E-state index in [0.717, 1.165) is 12.3 Å². The highest BCUT2D eigenvalue weighted by Crippen LogP contribution is 2.27. The van der Waals surface area contributed by atoms with Gasteiger partial charge in [-0.1, -0.05) is 6.07 Å². The van der Waals surface area contributed by atoms with E-state index in [2.05, 4.69) is 34.2 Å². The summed E-state index contributed by atoms with van der Waals surface area (Å²) >= 11 is 3.13. The van der Waals surface area contributed by atoms with Crippen LogP contribution in [0.2, 0.25) is 0 Å². The summed E-state index contributed by atoms with van der Waals surface area (Å²) in [5.74, 6) is 0.901. The molecule has 4 heteroatoms. The average Bonchev–Trinajstić information content (AvgIpc) is 3.26. The molecule has 0 amide bonds. The van der Waals surface area contributed by atoms with Gasteiger partial charge in [-0.2, -0.15) is 0 Å². The van der Waals surface area contributed by atoms with Crippen molar-refractivity contribution in [1.29, 1.82) is 0 Å². The molecule has 0 radical (unpaired) electrons. The zero-order chi connectivity index (χ0) is 14.8. The lowest BCUT2D eigenvalue weighted by Crippen LogP contribution is -2.15. The van der Waals surface area contributed by atoms with Crippen LogP contribution < -0.4 is 10.1 Å². The molecule has 110 valence electrons. The number of ether oxygens (including phenoxy) is 1. The molecule has 1 aliphatic carbocycles. The predicted octanol–water partition coefficient (Wildman–Crippen LogP) is 4.94. The van der Waals surface area contributed by atoms with E-state index in [0.29, 0.717) is 16.3 Å². The standard InChI is InChI=1S/C17H17BrFNO/c1-11-8-14(5-2-12(11)10-20-13-3-4-13)21-15-6-7-16(18)17(19)9-15/h2,5-9,13,20H,3-4,10H2,1H3. The molecule has 0 bridgehead atoms. The van der Waals surface area contributed by atoms with Gasteiger partial charge in [0.15, 0.2) is 0 Å². The molecular weight excluding hydrogens is 333 g/mol. The quantitative estimate of drug-likeness (QED) is 0.825. The van der Waals surface area contributed by atoms with Crippen molar-refractivity contribution in [3.05, 3.63) is 57.8 Å². The van der Waals surface area contributed by atoms with Gasteiger partial charge in [0.05, 0.1) is 4.47 Å². The maximum Gasteiger partial charge on any atom is 0.141 e. The van der Waals surface area contributed by atoms with Gasteiger partial charge in [-0.05, 0) is 71.1 Å². The molecule has 0 aromatic heterocycles. The minimum atomic E-state index is -0.325. The number of rotatable bonds is 5. The summed E-state index contributed by atoms with van der Waals surface area (Å²) in [5, 5.41) is 3.50. The van der Waals surface area contributed by atoms with Crippen LogP contribution in [0.3, 0.4) is 0 Å². The van der Waals surface area contributed by atoms with E-state index in [4.69, 9.17) is 4.74 Å². The van der Waals surface area contributed by atoms with E-state index in [1.54, 1.807) is 12.1 Å². The van der Waals surface area contributed by atoms with Crippen molar-refractivity contribution in [2.45, 2.75) is 32.4 Å². The molecule has 3 rings (SSSR count). The second-order valence-electron chi connectivity index (χ2n) is 5.42. The summed E-state index contributed by atoms with van der Waals surface area (Å²) in [6, 6.07) is 11.4. The molecule has 0 saturated heterocycles. The van der Waals surface area contributed by atoms with E-state index in [1.807, 2.05) is 12.1 Å². The largest absolute Gasteiger partial charge is 0.457 e. The number of aryl methyl sites for hydroxylation is 1. The third-order valence-electron chi connectivity index (χ3n) is 3.60. The fourth-order valence-electron chi connectivity index (χ4n) is 2.15. The van der Waals surface area contributed by atoms with Crippen molar-refractivity contribution in [3.8, 4) is 11.5 Å². The Bertz CT molecular complexity index is 655. The van der Waals surface area contributed by atoms with E-state index < -0.39 is 0 Å². The third kappa shape index (κ3) is 3.83. The minimum absolute atomic E-state index is 0.325. The van der Waals surface area contributed by atoms with Crippen LogP contribution in [-0.2, 0) is 6.54 Å². The molecule has 2 aromatic carbocycles. The van der Waals surface area contributed by atoms with Crippen LogP contribution in [0, 0.1) is 12.7 Å². The first kappa shape index (κ1) is 14.5. The molecule has 1 fully saturated rings. The molecule has 1 saturated carbocycles. The lowest BCUT2D eigenvalue weighted by molar-refractivity contribution is 0.475.